The number of H-pyrrole nitrogens is 2. The van der Waals surface area contributed by atoms with Gasteiger partial charge in [-0.3, -0.25) is 0 Å². The van der Waals surface area contributed by atoms with Crippen molar-refractivity contribution in [3.8, 4) is 5.88 Å². The molecule has 0 saturated heterocycles. The zero-order valence-electron chi connectivity index (χ0n) is 10.8. The Morgan fingerprint density at radius 2 is 1.90 bits per heavy atom. The number of nitrogens with one attached hydrogen (secondary N) is 2. The monoisotopic (exact) mass is 278 g/mol. The maximum Gasteiger partial charge on any atom is 0.218 e. The van der Waals surface area contributed by atoms with E-state index in [1.165, 1.54) is 6.33 Å². The maximum atomic E-state index is 9.94. The summed E-state index contributed by atoms with van der Waals surface area (Å²) in [7, 11) is 0. The van der Waals surface area contributed by atoms with Gasteiger partial charge in [-0.2, -0.15) is 0 Å². The van der Waals surface area contributed by atoms with Gasteiger partial charge in [-0.1, -0.05) is 18.2 Å². The fourth-order valence-electron chi connectivity index (χ4n) is 2.25. The molecule has 0 bridgehead atoms. The Kier molecular flexibility index (Phi) is 2.43. The number of hydrogen-bond acceptors (Lipinski definition) is 5. The average molecular weight is 278 g/mol. The molecule has 4 rings (SSSR count). The van der Waals surface area contributed by atoms with Crippen LogP contribution in [0.4, 0.5) is 11.5 Å². The van der Waals surface area contributed by atoms with Crippen molar-refractivity contribution in [2.75, 3.05) is 0 Å². The number of aromatic nitrogens is 4. The van der Waals surface area contributed by atoms with Crippen LogP contribution in [0.5, 0.6) is 5.88 Å². The highest BCUT2D eigenvalue weighted by molar-refractivity contribution is 5.94. The Bertz CT molecular complexity index is 968. The van der Waals surface area contributed by atoms with Gasteiger partial charge >= 0.3 is 0 Å². The Labute approximate surface area is 118 Å². The number of para-hydroxylation sites is 1. The van der Waals surface area contributed by atoms with Gasteiger partial charge in [-0.15, -0.1) is 10.2 Å². The van der Waals surface area contributed by atoms with E-state index in [9.17, 15) is 5.11 Å². The molecule has 0 spiro atoms. The van der Waals surface area contributed by atoms with Crippen molar-refractivity contribution < 1.29 is 5.11 Å². The van der Waals surface area contributed by atoms with Crippen LogP contribution in [0.15, 0.2) is 53.1 Å². The van der Waals surface area contributed by atoms with Gasteiger partial charge in [0.15, 0.2) is 11.5 Å². The van der Waals surface area contributed by atoms with Crippen LogP contribution >= 0.6 is 0 Å². The molecule has 4 aromatic rings. The zero-order chi connectivity index (χ0) is 14.2. The molecule has 7 nitrogen and oxygen atoms in total. The van der Waals surface area contributed by atoms with Crippen molar-refractivity contribution in [3.05, 3.63) is 42.9 Å². The number of azo groups is 1. The fourth-order valence-corrected chi connectivity index (χ4v) is 2.25. The van der Waals surface area contributed by atoms with Gasteiger partial charge in [0.25, 0.3) is 0 Å². The number of hydrogen-bond donors (Lipinski definition) is 3. The lowest BCUT2D eigenvalue weighted by Crippen LogP contribution is -1.79. The largest absolute Gasteiger partial charge is 0.493 e. The third-order valence-corrected chi connectivity index (χ3v) is 3.24. The van der Waals surface area contributed by atoms with Gasteiger partial charge in [0.05, 0.1) is 10.9 Å². The molecule has 0 fully saturated rings. The SMILES string of the molecule is Oc1[nH]c2ccccc2c1N=Nc1ncnc2[nH]ccc12. The van der Waals surface area contributed by atoms with E-state index in [4.69, 9.17) is 0 Å². The first-order valence-electron chi connectivity index (χ1n) is 6.32. The van der Waals surface area contributed by atoms with E-state index in [1.54, 1.807) is 6.20 Å². The smallest absolute Gasteiger partial charge is 0.218 e. The molecule has 0 aliphatic carbocycles. The number of rotatable bonds is 2. The van der Waals surface area contributed by atoms with Crippen molar-refractivity contribution in [2.24, 2.45) is 10.2 Å². The van der Waals surface area contributed by atoms with E-state index in [-0.39, 0.29) is 5.88 Å². The standard InChI is InChI=1S/C14H10N6O/c21-14-11(8-3-1-2-4-10(8)18-14)19-20-13-9-5-6-15-12(9)16-7-17-13/h1-7,18,21H,(H,15,16,17). The number of benzene rings is 1. The molecular formula is C14H10N6O. The average Bonchev–Trinajstić information content (AvgIpc) is 3.09. The molecule has 0 atom stereocenters. The summed E-state index contributed by atoms with van der Waals surface area (Å²) in [5.74, 6) is 0.435. The van der Waals surface area contributed by atoms with E-state index in [2.05, 4.69) is 30.2 Å². The predicted molar refractivity (Wildman–Crippen MR) is 78.0 cm³/mol. The van der Waals surface area contributed by atoms with Crippen LogP contribution in [-0.4, -0.2) is 25.0 Å². The summed E-state index contributed by atoms with van der Waals surface area (Å²) in [5.41, 5.74) is 1.90. The Hall–Kier alpha value is -3.22. The van der Waals surface area contributed by atoms with Gasteiger partial charge in [-0.25, -0.2) is 9.97 Å². The van der Waals surface area contributed by atoms with Crippen molar-refractivity contribution in [1.29, 1.82) is 0 Å². The van der Waals surface area contributed by atoms with E-state index < -0.39 is 0 Å². The van der Waals surface area contributed by atoms with Gasteiger partial charge in [0.2, 0.25) is 5.88 Å². The highest BCUT2D eigenvalue weighted by atomic mass is 16.3. The normalized spacial score (nSPS) is 11.8. The molecule has 0 aliphatic rings. The van der Waals surface area contributed by atoms with E-state index >= 15 is 0 Å². The molecule has 3 heterocycles. The molecule has 21 heavy (non-hydrogen) atoms. The Morgan fingerprint density at radius 1 is 1.00 bits per heavy atom. The minimum absolute atomic E-state index is 0.0145. The second-order valence-electron chi connectivity index (χ2n) is 4.51. The minimum atomic E-state index is -0.0145. The molecule has 0 unspecified atom stereocenters. The van der Waals surface area contributed by atoms with Crippen LogP contribution in [0, 0.1) is 0 Å². The molecule has 7 heteroatoms. The first-order chi connectivity index (χ1) is 10.3. The van der Waals surface area contributed by atoms with Gasteiger partial charge in [0, 0.05) is 11.6 Å². The lowest BCUT2D eigenvalue weighted by atomic mass is 10.2. The molecule has 0 saturated carbocycles. The minimum Gasteiger partial charge on any atom is -0.493 e. The van der Waals surface area contributed by atoms with Gasteiger partial charge in [-0.05, 0) is 12.1 Å². The predicted octanol–water partition coefficient (Wildman–Crippen LogP) is 3.56. The van der Waals surface area contributed by atoms with Crippen LogP contribution < -0.4 is 0 Å². The number of aromatic hydroxyl groups is 1. The Morgan fingerprint density at radius 3 is 2.86 bits per heavy atom. The molecule has 1 aromatic carbocycles. The topological polar surface area (TPSA) is 102 Å². The van der Waals surface area contributed by atoms with Crippen molar-refractivity contribution in [1.82, 2.24) is 19.9 Å². The highest BCUT2D eigenvalue weighted by Crippen LogP contribution is 2.36. The summed E-state index contributed by atoms with van der Waals surface area (Å²) < 4.78 is 0. The summed E-state index contributed by atoms with van der Waals surface area (Å²) in [6.45, 7) is 0. The summed E-state index contributed by atoms with van der Waals surface area (Å²) in [5, 5.41) is 19.8. The number of fused-ring (bicyclic) bond motifs is 2. The molecule has 0 radical (unpaired) electrons. The second kappa shape index (κ2) is 4.41. The van der Waals surface area contributed by atoms with Crippen molar-refractivity contribution >= 4 is 33.4 Å². The fraction of sp³-hybridized carbons (Fsp3) is 0. The molecule has 0 aliphatic heterocycles. The molecule has 3 N–H and O–H groups in total. The van der Waals surface area contributed by atoms with E-state index in [0.717, 1.165) is 16.3 Å². The highest BCUT2D eigenvalue weighted by Gasteiger charge is 2.10. The third kappa shape index (κ3) is 1.83. The summed E-state index contributed by atoms with van der Waals surface area (Å²) >= 11 is 0. The third-order valence-electron chi connectivity index (χ3n) is 3.24. The molecule has 0 amide bonds. The summed E-state index contributed by atoms with van der Waals surface area (Å²) in [4.78, 5) is 14.0. The van der Waals surface area contributed by atoms with Crippen LogP contribution in [-0.2, 0) is 0 Å². The van der Waals surface area contributed by atoms with Gasteiger partial charge < -0.3 is 15.1 Å². The van der Waals surface area contributed by atoms with Crippen LogP contribution in [0.1, 0.15) is 0 Å². The lowest BCUT2D eigenvalue weighted by Gasteiger charge is -1.94. The number of aromatic amines is 2. The molecular weight excluding hydrogens is 268 g/mol. The molecule has 3 aromatic heterocycles. The van der Waals surface area contributed by atoms with Crippen LogP contribution in [0.3, 0.4) is 0 Å². The van der Waals surface area contributed by atoms with E-state index in [0.29, 0.717) is 17.2 Å². The Balaban J connectivity index is 1.84. The number of nitrogens with zero attached hydrogens (tertiary/aromatic N) is 4. The quantitative estimate of drug-likeness (QED) is 0.488. The zero-order valence-corrected chi connectivity index (χ0v) is 10.8. The molecule has 102 valence electrons. The van der Waals surface area contributed by atoms with Gasteiger partial charge in [0.1, 0.15) is 12.0 Å². The first kappa shape index (κ1) is 11.6. The maximum absolute atomic E-state index is 9.94. The lowest BCUT2D eigenvalue weighted by molar-refractivity contribution is 0.459. The van der Waals surface area contributed by atoms with Crippen LogP contribution in [0.2, 0.25) is 0 Å². The van der Waals surface area contributed by atoms with E-state index in [1.807, 2.05) is 30.3 Å². The van der Waals surface area contributed by atoms with Crippen molar-refractivity contribution in [3.63, 3.8) is 0 Å². The van der Waals surface area contributed by atoms with Crippen LogP contribution in [0.25, 0.3) is 21.9 Å². The summed E-state index contributed by atoms with van der Waals surface area (Å²) in [6, 6.07) is 9.32. The summed E-state index contributed by atoms with van der Waals surface area (Å²) in [6.07, 6.45) is 3.18. The van der Waals surface area contributed by atoms with Crippen molar-refractivity contribution in [2.45, 2.75) is 0 Å². The first-order valence-corrected chi connectivity index (χ1v) is 6.32. The second-order valence-corrected chi connectivity index (χ2v) is 4.51.